The average molecular weight is 596 g/mol. The number of carbonyl (C=O) groups excluding carboxylic acids is 4. The van der Waals surface area contributed by atoms with E-state index in [2.05, 4.69) is 11.8 Å². The van der Waals surface area contributed by atoms with Crippen LogP contribution in [-0.4, -0.2) is 85.0 Å². The van der Waals surface area contributed by atoms with E-state index in [0.29, 0.717) is 17.7 Å². The molecule has 0 aromatic heterocycles. The quantitative estimate of drug-likeness (QED) is 0.0939. The number of amides is 1. The fraction of sp³-hybridized carbons (Fsp3) is 0.467. The summed E-state index contributed by atoms with van der Waals surface area (Å²) in [4.78, 5) is 60.7. The number of rotatable bonds is 7. The minimum atomic E-state index is -2.12. The summed E-state index contributed by atoms with van der Waals surface area (Å²) in [5, 5.41) is 22.6. The molecule has 4 rings (SSSR count). The summed E-state index contributed by atoms with van der Waals surface area (Å²) in [5.41, 5.74) is 10.1. The molecule has 230 valence electrons. The molecule has 13 nitrogen and oxygen atoms in total. The van der Waals surface area contributed by atoms with Crippen LogP contribution in [0.4, 0.5) is 5.69 Å². The lowest BCUT2D eigenvalue weighted by molar-refractivity contribution is -0.141. The van der Waals surface area contributed by atoms with E-state index in [1.165, 1.54) is 0 Å². The zero-order valence-electron chi connectivity index (χ0n) is 24.8. The number of Topliss-reactive ketones (excluding diaryl/α,β-unsaturated/α-hetero) is 2. The number of ketones is 2. The number of ether oxygens (including phenoxy) is 1. The number of likely N-dealkylation sites (N-methyl/N-ethyl adjacent to an activating group) is 1. The molecule has 43 heavy (non-hydrogen) atoms. The molecule has 1 aromatic rings. The third-order valence-electron chi connectivity index (χ3n) is 8.45. The van der Waals surface area contributed by atoms with Crippen LogP contribution < -0.4 is 22.3 Å². The van der Waals surface area contributed by atoms with Crippen LogP contribution in [0.15, 0.2) is 28.7 Å². The highest BCUT2D eigenvalue weighted by Crippen LogP contribution is 2.54. The van der Waals surface area contributed by atoms with Gasteiger partial charge in [0.1, 0.15) is 17.1 Å². The molecule has 0 aliphatic heterocycles. The standard InChI is InChI=1S/C30H37N5O8/c1-6-7-10-42-19(36)9-8-14-13-18(34(2)3)16-11-15-12-17-23(35(4)5)26(39)22(29(32)41)28(40)30(17,43-33)27(31)20(15)25(38)21(16)24(14)37/h13,15,17,23,37,40H,6-7,10-12,31,33H2,1-5H3,(H2,32,41)/t15-,17-,23-,30-/m0/s1. The van der Waals surface area contributed by atoms with E-state index in [1.54, 1.807) is 44.1 Å². The molecule has 0 bridgehead atoms. The van der Waals surface area contributed by atoms with Crippen molar-refractivity contribution in [2.45, 2.75) is 44.2 Å². The molecule has 13 heteroatoms. The van der Waals surface area contributed by atoms with Crippen molar-refractivity contribution in [1.29, 1.82) is 0 Å². The number of fused-ring (bicyclic) bond motifs is 3. The number of hydrogen-bond donors (Lipinski definition) is 5. The smallest absolute Gasteiger partial charge is 0.384 e. The van der Waals surface area contributed by atoms with Gasteiger partial charge < -0.3 is 31.3 Å². The van der Waals surface area contributed by atoms with Gasteiger partial charge in [-0.2, -0.15) is 0 Å². The minimum absolute atomic E-state index is 0.0144. The number of unbranched alkanes of at least 4 members (excludes halogenated alkanes) is 1. The Hall–Kier alpha value is -4.38. The Morgan fingerprint density at radius 1 is 1.19 bits per heavy atom. The second-order valence-electron chi connectivity index (χ2n) is 11.4. The summed E-state index contributed by atoms with van der Waals surface area (Å²) in [6.07, 6.45) is 1.85. The largest absolute Gasteiger partial charge is 0.508 e. The van der Waals surface area contributed by atoms with Crippen molar-refractivity contribution < 1.29 is 39.0 Å². The van der Waals surface area contributed by atoms with Crippen molar-refractivity contribution >= 4 is 29.1 Å². The van der Waals surface area contributed by atoms with Gasteiger partial charge in [0.15, 0.2) is 17.2 Å². The van der Waals surface area contributed by atoms with E-state index in [-0.39, 0.29) is 41.8 Å². The summed E-state index contributed by atoms with van der Waals surface area (Å²) in [6.45, 7) is 2.16. The number of aliphatic hydroxyl groups excluding tert-OH is 1. The zero-order valence-corrected chi connectivity index (χ0v) is 24.8. The molecule has 3 aliphatic rings. The van der Waals surface area contributed by atoms with Crippen molar-refractivity contribution in [2.24, 2.45) is 29.2 Å². The molecular formula is C30H37N5O8. The van der Waals surface area contributed by atoms with Gasteiger partial charge in [-0.05, 0) is 50.9 Å². The van der Waals surface area contributed by atoms with Crippen LogP contribution in [-0.2, 0) is 30.4 Å². The monoisotopic (exact) mass is 595 g/mol. The molecule has 1 aromatic carbocycles. The Bertz CT molecular complexity index is 1530. The van der Waals surface area contributed by atoms with Gasteiger partial charge in [0.25, 0.3) is 5.91 Å². The van der Waals surface area contributed by atoms with Gasteiger partial charge in [-0.15, -0.1) is 0 Å². The predicted octanol–water partition coefficient (Wildman–Crippen LogP) is 0.180. The Balaban J connectivity index is 1.94. The highest BCUT2D eigenvalue weighted by molar-refractivity contribution is 6.22. The van der Waals surface area contributed by atoms with E-state index >= 15 is 0 Å². The zero-order chi connectivity index (χ0) is 32.0. The fourth-order valence-electron chi connectivity index (χ4n) is 6.52. The maximum Gasteiger partial charge on any atom is 0.384 e. The first-order valence-corrected chi connectivity index (χ1v) is 13.9. The van der Waals surface area contributed by atoms with Crippen LogP contribution in [0.3, 0.4) is 0 Å². The molecule has 0 radical (unpaired) electrons. The van der Waals surface area contributed by atoms with Crippen molar-refractivity contribution in [3.05, 3.63) is 45.4 Å². The average Bonchev–Trinajstić information content (AvgIpc) is 2.92. The maximum absolute atomic E-state index is 14.2. The molecule has 0 saturated carbocycles. The first-order chi connectivity index (χ1) is 20.2. The molecule has 4 atom stereocenters. The van der Waals surface area contributed by atoms with Crippen LogP contribution in [0.1, 0.15) is 47.7 Å². The number of aromatic hydroxyl groups is 1. The Morgan fingerprint density at radius 3 is 2.42 bits per heavy atom. The van der Waals surface area contributed by atoms with Gasteiger partial charge in [0.2, 0.25) is 0 Å². The Kier molecular flexibility index (Phi) is 8.60. The number of anilines is 1. The van der Waals surface area contributed by atoms with Crippen molar-refractivity contribution in [1.82, 2.24) is 4.90 Å². The van der Waals surface area contributed by atoms with Crippen LogP contribution in [0, 0.1) is 23.7 Å². The second-order valence-corrected chi connectivity index (χ2v) is 11.4. The van der Waals surface area contributed by atoms with Gasteiger partial charge in [0, 0.05) is 37.2 Å². The van der Waals surface area contributed by atoms with Crippen molar-refractivity contribution in [3.8, 4) is 17.6 Å². The minimum Gasteiger partial charge on any atom is -0.508 e. The van der Waals surface area contributed by atoms with Gasteiger partial charge in [-0.1, -0.05) is 19.3 Å². The third-order valence-corrected chi connectivity index (χ3v) is 8.45. The fourth-order valence-corrected chi connectivity index (χ4v) is 6.52. The highest BCUT2D eigenvalue weighted by atomic mass is 16.6. The van der Waals surface area contributed by atoms with E-state index in [0.717, 1.165) is 6.42 Å². The van der Waals surface area contributed by atoms with Crippen LogP contribution in [0.2, 0.25) is 0 Å². The number of aliphatic hydroxyl groups is 1. The number of hydrogen-bond acceptors (Lipinski definition) is 12. The number of phenols is 1. The molecule has 0 fully saturated rings. The van der Waals surface area contributed by atoms with Crippen molar-refractivity contribution in [3.63, 3.8) is 0 Å². The Labute approximate surface area is 249 Å². The molecule has 1 amide bonds. The normalized spacial score (nSPS) is 24.6. The Morgan fingerprint density at radius 2 is 1.86 bits per heavy atom. The lowest BCUT2D eigenvalue weighted by atomic mass is 9.58. The number of primary amides is 1. The predicted molar refractivity (Wildman–Crippen MR) is 155 cm³/mol. The molecule has 0 heterocycles. The number of esters is 1. The van der Waals surface area contributed by atoms with Gasteiger partial charge in [-0.25, -0.2) is 10.7 Å². The summed E-state index contributed by atoms with van der Waals surface area (Å²) in [6, 6.07) is 0.567. The van der Waals surface area contributed by atoms with Gasteiger partial charge in [0.05, 0.1) is 29.5 Å². The number of nitrogens with two attached hydrogens (primary N) is 3. The SMILES string of the molecule is CCCCOC(=O)C#Cc1cc(N(C)C)c2c(c1O)C(=O)C1=C(N)[C@]3(ON)C(O)=C(C(N)=O)C(=O)[C@@H](N(C)C)[C@@H]3C[C@@H]1C2. The second kappa shape index (κ2) is 11.7. The van der Waals surface area contributed by atoms with Crippen LogP contribution in [0.5, 0.6) is 5.75 Å². The molecule has 3 aliphatic carbocycles. The first-order valence-electron chi connectivity index (χ1n) is 13.9. The third kappa shape index (κ3) is 4.91. The highest BCUT2D eigenvalue weighted by Gasteiger charge is 2.63. The van der Waals surface area contributed by atoms with E-state index in [4.69, 9.17) is 26.9 Å². The van der Waals surface area contributed by atoms with Crippen LogP contribution >= 0.6 is 0 Å². The van der Waals surface area contributed by atoms with E-state index in [1.807, 2.05) is 6.92 Å². The van der Waals surface area contributed by atoms with Gasteiger partial charge in [-0.3, -0.25) is 24.1 Å². The van der Waals surface area contributed by atoms with E-state index < -0.39 is 64.0 Å². The summed E-state index contributed by atoms with van der Waals surface area (Å²) < 4.78 is 5.07. The summed E-state index contributed by atoms with van der Waals surface area (Å²) in [5.74, 6) is 4.61. The van der Waals surface area contributed by atoms with Crippen LogP contribution in [0.25, 0.3) is 0 Å². The van der Waals surface area contributed by atoms with Crippen molar-refractivity contribution in [2.75, 3.05) is 39.7 Å². The summed E-state index contributed by atoms with van der Waals surface area (Å²) >= 11 is 0. The molecule has 0 unspecified atom stereocenters. The lowest BCUT2D eigenvalue weighted by Crippen LogP contribution is -2.65. The summed E-state index contributed by atoms with van der Waals surface area (Å²) in [7, 11) is 6.76. The number of allylic oxidation sites excluding steroid dienone is 1. The molecule has 0 spiro atoms. The first kappa shape index (κ1) is 31.6. The molecular weight excluding hydrogens is 558 g/mol. The lowest BCUT2D eigenvalue weighted by Gasteiger charge is -2.52. The topological polar surface area (TPSA) is 212 Å². The number of phenolic OH excluding ortho intramolecular Hbond substituents is 1. The maximum atomic E-state index is 14.2. The van der Waals surface area contributed by atoms with E-state index in [9.17, 15) is 29.4 Å². The number of carbonyl (C=O) groups is 4. The van der Waals surface area contributed by atoms with Gasteiger partial charge >= 0.3 is 5.97 Å². The molecule has 8 N–H and O–H groups in total. The number of benzene rings is 1. The number of nitrogens with zero attached hydrogens (tertiary/aromatic N) is 2. The molecule has 0 saturated heterocycles.